The summed E-state index contributed by atoms with van der Waals surface area (Å²) in [4.78, 5) is 40.9. The summed E-state index contributed by atoms with van der Waals surface area (Å²) in [5.41, 5.74) is 6.38. The number of primary amides is 1. The first-order chi connectivity index (χ1) is 12.5. The van der Waals surface area contributed by atoms with E-state index < -0.39 is 11.9 Å². The fourth-order valence-corrected chi connectivity index (χ4v) is 2.83. The summed E-state index contributed by atoms with van der Waals surface area (Å²) in [6, 6.07) is 6.59. The number of carbonyl (C=O) groups excluding carboxylic acids is 3. The Labute approximate surface area is 149 Å². The molecule has 1 saturated heterocycles. The van der Waals surface area contributed by atoms with Gasteiger partial charge >= 0.3 is 5.97 Å². The van der Waals surface area contributed by atoms with Crippen LogP contribution in [0.2, 0.25) is 0 Å². The summed E-state index contributed by atoms with van der Waals surface area (Å²) >= 11 is 0. The fraction of sp³-hybridized carbons (Fsp3) is 0.353. The van der Waals surface area contributed by atoms with E-state index in [9.17, 15) is 14.4 Å². The molecule has 0 aliphatic carbocycles. The zero-order valence-corrected chi connectivity index (χ0v) is 14.1. The monoisotopic (exact) mass is 357 g/mol. The van der Waals surface area contributed by atoms with Gasteiger partial charge in [0.1, 0.15) is 12.7 Å². The molecule has 1 aromatic carbocycles. The van der Waals surface area contributed by atoms with Crippen molar-refractivity contribution in [3.8, 4) is 5.69 Å². The standard InChI is InChI=1S/C17H19N5O4/c18-16(24)13-2-1-7-21(8-13)15(23)9-26-17(25)12-3-5-14(6-4-12)22-11-19-10-20-22/h3-6,10-11,13H,1-2,7-9H2,(H2,18,24)/t13-/m0/s1. The number of hydrogen-bond acceptors (Lipinski definition) is 6. The third kappa shape index (κ3) is 4.05. The van der Waals surface area contributed by atoms with Gasteiger partial charge in [0.05, 0.1) is 17.2 Å². The highest BCUT2D eigenvalue weighted by atomic mass is 16.5. The molecule has 3 rings (SSSR count). The van der Waals surface area contributed by atoms with Crippen LogP contribution in [-0.4, -0.2) is 57.1 Å². The molecule has 9 nitrogen and oxygen atoms in total. The van der Waals surface area contributed by atoms with Crippen molar-refractivity contribution in [2.24, 2.45) is 11.7 Å². The zero-order chi connectivity index (χ0) is 18.5. The minimum absolute atomic E-state index is 0.276. The van der Waals surface area contributed by atoms with Gasteiger partial charge in [0.15, 0.2) is 6.61 Å². The SMILES string of the molecule is NC(=O)[C@H]1CCCN(C(=O)COC(=O)c2ccc(-n3cncn3)cc2)C1. The summed E-state index contributed by atoms with van der Waals surface area (Å²) in [6.45, 7) is 0.445. The molecule has 0 unspecified atom stereocenters. The number of amides is 2. The molecule has 0 saturated carbocycles. The highest BCUT2D eigenvalue weighted by Gasteiger charge is 2.27. The number of nitrogens with zero attached hydrogens (tertiary/aromatic N) is 4. The van der Waals surface area contributed by atoms with E-state index in [2.05, 4.69) is 10.1 Å². The molecule has 2 amide bonds. The lowest BCUT2D eigenvalue weighted by molar-refractivity contribution is -0.137. The van der Waals surface area contributed by atoms with E-state index in [4.69, 9.17) is 10.5 Å². The number of nitrogens with two attached hydrogens (primary N) is 1. The minimum Gasteiger partial charge on any atom is -0.452 e. The Bertz CT molecular complexity index is 788. The Morgan fingerprint density at radius 3 is 2.65 bits per heavy atom. The van der Waals surface area contributed by atoms with E-state index in [1.54, 1.807) is 35.3 Å². The quantitative estimate of drug-likeness (QED) is 0.760. The molecule has 26 heavy (non-hydrogen) atoms. The number of piperidine rings is 1. The zero-order valence-electron chi connectivity index (χ0n) is 14.1. The maximum absolute atomic E-state index is 12.2. The number of benzene rings is 1. The Morgan fingerprint density at radius 1 is 1.23 bits per heavy atom. The molecule has 1 fully saturated rings. The molecule has 0 bridgehead atoms. The number of ether oxygens (including phenoxy) is 1. The van der Waals surface area contributed by atoms with Crippen LogP contribution in [0.15, 0.2) is 36.9 Å². The van der Waals surface area contributed by atoms with Crippen molar-refractivity contribution >= 4 is 17.8 Å². The van der Waals surface area contributed by atoms with Gasteiger partial charge in [0.25, 0.3) is 5.91 Å². The second-order valence-corrected chi connectivity index (χ2v) is 6.04. The largest absolute Gasteiger partial charge is 0.452 e. The average molecular weight is 357 g/mol. The molecular weight excluding hydrogens is 338 g/mol. The van der Waals surface area contributed by atoms with Crippen LogP contribution in [0.5, 0.6) is 0 Å². The fourth-order valence-electron chi connectivity index (χ4n) is 2.83. The van der Waals surface area contributed by atoms with Gasteiger partial charge in [0.2, 0.25) is 5.91 Å². The van der Waals surface area contributed by atoms with Gasteiger partial charge in [-0.05, 0) is 37.1 Å². The minimum atomic E-state index is -0.591. The van der Waals surface area contributed by atoms with E-state index in [1.807, 2.05) is 0 Å². The van der Waals surface area contributed by atoms with Crippen LogP contribution in [0.4, 0.5) is 0 Å². The first-order valence-corrected chi connectivity index (χ1v) is 8.24. The van der Waals surface area contributed by atoms with Gasteiger partial charge in [0, 0.05) is 13.1 Å². The molecule has 0 spiro atoms. The van der Waals surface area contributed by atoms with E-state index >= 15 is 0 Å². The number of esters is 1. The van der Waals surface area contributed by atoms with Crippen molar-refractivity contribution in [3.63, 3.8) is 0 Å². The third-order valence-electron chi connectivity index (χ3n) is 4.29. The van der Waals surface area contributed by atoms with Crippen LogP contribution in [0.1, 0.15) is 23.2 Å². The van der Waals surface area contributed by atoms with Gasteiger partial charge in [-0.1, -0.05) is 0 Å². The summed E-state index contributed by atoms with van der Waals surface area (Å²) in [6.07, 6.45) is 4.34. The second-order valence-electron chi connectivity index (χ2n) is 6.04. The van der Waals surface area contributed by atoms with E-state index in [-0.39, 0.29) is 25.0 Å². The van der Waals surface area contributed by atoms with Crippen molar-refractivity contribution in [1.29, 1.82) is 0 Å². The van der Waals surface area contributed by atoms with Crippen LogP contribution < -0.4 is 5.73 Å². The second kappa shape index (κ2) is 7.77. The third-order valence-corrected chi connectivity index (χ3v) is 4.29. The summed E-state index contributed by atoms with van der Waals surface area (Å²) < 4.78 is 6.65. The maximum Gasteiger partial charge on any atom is 0.338 e. The smallest absolute Gasteiger partial charge is 0.338 e. The van der Waals surface area contributed by atoms with Crippen LogP contribution in [0.25, 0.3) is 5.69 Å². The van der Waals surface area contributed by atoms with E-state index in [0.29, 0.717) is 24.9 Å². The Hall–Kier alpha value is -3.23. The number of aromatic nitrogens is 3. The van der Waals surface area contributed by atoms with Gasteiger partial charge in [-0.15, -0.1) is 0 Å². The number of carbonyl (C=O) groups is 3. The predicted molar refractivity (Wildman–Crippen MR) is 90.1 cm³/mol. The summed E-state index contributed by atoms with van der Waals surface area (Å²) in [5.74, 6) is -1.67. The van der Waals surface area contributed by atoms with Crippen molar-refractivity contribution in [2.45, 2.75) is 12.8 Å². The van der Waals surface area contributed by atoms with Crippen LogP contribution in [0.3, 0.4) is 0 Å². The van der Waals surface area contributed by atoms with Gasteiger partial charge in [-0.25, -0.2) is 14.5 Å². The predicted octanol–water partition coefficient (Wildman–Crippen LogP) is 0.148. The molecule has 2 heterocycles. The molecule has 1 aliphatic rings. The van der Waals surface area contributed by atoms with Gasteiger partial charge in [-0.3, -0.25) is 9.59 Å². The molecule has 0 radical (unpaired) electrons. The van der Waals surface area contributed by atoms with Crippen molar-refractivity contribution < 1.29 is 19.1 Å². The topological polar surface area (TPSA) is 120 Å². The van der Waals surface area contributed by atoms with Crippen LogP contribution in [0, 0.1) is 5.92 Å². The summed E-state index contributed by atoms with van der Waals surface area (Å²) in [7, 11) is 0. The highest BCUT2D eigenvalue weighted by Crippen LogP contribution is 2.16. The molecule has 1 atom stereocenters. The lowest BCUT2D eigenvalue weighted by atomic mass is 9.97. The number of likely N-dealkylation sites (tertiary alicyclic amines) is 1. The van der Waals surface area contributed by atoms with Gasteiger partial charge in [-0.2, -0.15) is 5.10 Å². The highest BCUT2D eigenvalue weighted by molar-refractivity contribution is 5.91. The van der Waals surface area contributed by atoms with E-state index in [0.717, 1.165) is 5.69 Å². The first-order valence-electron chi connectivity index (χ1n) is 8.24. The molecule has 1 aliphatic heterocycles. The Morgan fingerprint density at radius 2 is 2.00 bits per heavy atom. The van der Waals surface area contributed by atoms with E-state index in [1.165, 1.54) is 11.2 Å². The van der Waals surface area contributed by atoms with Crippen LogP contribution >= 0.6 is 0 Å². The van der Waals surface area contributed by atoms with Crippen LogP contribution in [-0.2, 0) is 14.3 Å². The van der Waals surface area contributed by atoms with Crippen molar-refractivity contribution in [1.82, 2.24) is 19.7 Å². The number of rotatable bonds is 5. The first kappa shape index (κ1) is 17.6. The molecule has 2 N–H and O–H groups in total. The van der Waals surface area contributed by atoms with Crippen molar-refractivity contribution in [2.75, 3.05) is 19.7 Å². The lowest BCUT2D eigenvalue weighted by Gasteiger charge is -2.31. The Balaban J connectivity index is 1.53. The molecule has 136 valence electrons. The van der Waals surface area contributed by atoms with Gasteiger partial charge < -0.3 is 15.4 Å². The number of hydrogen-bond donors (Lipinski definition) is 1. The summed E-state index contributed by atoms with van der Waals surface area (Å²) in [5, 5.41) is 4.00. The normalized spacial score (nSPS) is 16.9. The average Bonchev–Trinajstić information content (AvgIpc) is 3.21. The lowest BCUT2D eigenvalue weighted by Crippen LogP contribution is -2.45. The maximum atomic E-state index is 12.2. The molecule has 1 aromatic heterocycles. The molecule has 2 aromatic rings. The molecule has 9 heteroatoms. The molecular formula is C17H19N5O4. The Kier molecular flexibility index (Phi) is 5.26. The van der Waals surface area contributed by atoms with Crippen molar-refractivity contribution in [3.05, 3.63) is 42.5 Å².